The van der Waals surface area contributed by atoms with Crippen LogP contribution in [0.4, 0.5) is 4.79 Å². The Labute approximate surface area is 132 Å². The van der Waals surface area contributed by atoms with Crippen molar-refractivity contribution in [1.29, 1.82) is 0 Å². The molecule has 2 amide bonds. The number of aliphatic hydroxyl groups is 1. The third-order valence-corrected chi connectivity index (χ3v) is 4.64. The second-order valence-corrected chi connectivity index (χ2v) is 5.88. The molecule has 0 unspecified atom stereocenters. The second kappa shape index (κ2) is 5.40. The summed E-state index contributed by atoms with van der Waals surface area (Å²) in [7, 11) is 0. The van der Waals surface area contributed by atoms with Crippen LogP contribution < -0.4 is 0 Å². The van der Waals surface area contributed by atoms with Crippen LogP contribution in [-0.2, 0) is 0 Å². The van der Waals surface area contributed by atoms with Gasteiger partial charge in [0.25, 0.3) is 0 Å². The Balaban J connectivity index is 1.90. The molecule has 2 heterocycles. The van der Waals surface area contributed by atoms with E-state index in [0.29, 0.717) is 35.2 Å². The fourth-order valence-corrected chi connectivity index (χ4v) is 3.31. The summed E-state index contributed by atoms with van der Waals surface area (Å²) in [6.07, 6.45) is 1.92. The molecule has 0 radical (unpaired) electrons. The lowest BCUT2D eigenvalue weighted by Gasteiger charge is -2.19. The first kappa shape index (κ1) is 14.5. The Morgan fingerprint density at radius 2 is 2.10 bits per heavy atom. The number of halogens is 2. The SMILES string of the molecule is O=C1N(CCO)CC2=C[C@H](c3c(O)ccc(Cl)c3Cl)CN12. The molecule has 2 N–H and O–H groups in total. The lowest BCUT2D eigenvalue weighted by atomic mass is 9.98. The number of benzene rings is 1. The Morgan fingerprint density at radius 3 is 2.76 bits per heavy atom. The van der Waals surface area contributed by atoms with Gasteiger partial charge >= 0.3 is 6.03 Å². The lowest BCUT2D eigenvalue weighted by molar-refractivity contribution is 0.180. The van der Waals surface area contributed by atoms with Gasteiger partial charge in [-0.05, 0) is 12.1 Å². The second-order valence-electron chi connectivity index (χ2n) is 5.10. The maximum Gasteiger partial charge on any atom is 0.324 e. The first-order valence-electron chi connectivity index (χ1n) is 6.57. The molecule has 0 aromatic heterocycles. The van der Waals surface area contributed by atoms with Gasteiger partial charge in [-0.15, -0.1) is 0 Å². The fraction of sp³-hybridized carbons (Fsp3) is 0.357. The highest BCUT2D eigenvalue weighted by molar-refractivity contribution is 6.42. The van der Waals surface area contributed by atoms with Crippen LogP contribution in [0.1, 0.15) is 11.5 Å². The largest absolute Gasteiger partial charge is 0.508 e. The number of phenolic OH excluding ortho intramolecular Hbond substituents is 1. The van der Waals surface area contributed by atoms with Gasteiger partial charge in [-0.25, -0.2) is 4.79 Å². The molecule has 21 heavy (non-hydrogen) atoms. The van der Waals surface area contributed by atoms with E-state index in [-0.39, 0.29) is 24.3 Å². The Morgan fingerprint density at radius 1 is 1.33 bits per heavy atom. The number of carbonyl (C=O) groups is 1. The number of rotatable bonds is 3. The molecular weight excluding hydrogens is 315 g/mol. The van der Waals surface area contributed by atoms with Gasteiger partial charge in [0.1, 0.15) is 5.75 Å². The van der Waals surface area contributed by atoms with Crippen molar-refractivity contribution in [3.05, 3.63) is 39.5 Å². The summed E-state index contributed by atoms with van der Waals surface area (Å²) < 4.78 is 0. The molecule has 1 fully saturated rings. The van der Waals surface area contributed by atoms with Crippen LogP contribution in [0.15, 0.2) is 23.9 Å². The van der Waals surface area contributed by atoms with Crippen molar-refractivity contribution in [2.24, 2.45) is 0 Å². The Hall–Kier alpha value is -1.43. The number of aromatic hydroxyl groups is 1. The van der Waals surface area contributed by atoms with Crippen LogP contribution in [-0.4, -0.2) is 52.3 Å². The fourth-order valence-electron chi connectivity index (χ4n) is 2.84. The zero-order valence-corrected chi connectivity index (χ0v) is 12.6. The smallest absolute Gasteiger partial charge is 0.324 e. The third-order valence-electron chi connectivity index (χ3n) is 3.82. The minimum atomic E-state index is -0.175. The van der Waals surface area contributed by atoms with Gasteiger partial charge in [0.2, 0.25) is 0 Å². The molecular formula is C14H14Cl2N2O3. The van der Waals surface area contributed by atoms with E-state index in [0.717, 1.165) is 5.70 Å². The van der Waals surface area contributed by atoms with Crippen LogP contribution in [0.25, 0.3) is 0 Å². The van der Waals surface area contributed by atoms with Crippen LogP contribution >= 0.6 is 23.2 Å². The summed E-state index contributed by atoms with van der Waals surface area (Å²) in [5.41, 5.74) is 1.42. The van der Waals surface area contributed by atoms with Gasteiger partial charge in [-0.1, -0.05) is 29.3 Å². The van der Waals surface area contributed by atoms with Crippen molar-refractivity contribution in [2.45, 2.75) is 5.92 Å². The predicted octanol–water partition coefficient (Wildman–Crippen LogP) is 2.41. The zero-order chi connectivity index (χ0) is 15.1. The average molecular weight is 329 g/mol. The minimum Gasteiger partial charge on any atom is -0.508 e. The van der Waals surface area contributed by atoms with E-state index in [9.17, 15) is 9.90 Å². The highest BCUT2D eigenvalue weighted by Gasteiger charge is 2.39. The molecule has 1 atom stereocenters. The Bertz CT molecular complexity index is 633. The number of aliphatic hydroxyl groups excluding tert-OH is 1. The number of nitrogens with zero attached hydrogens (tertiary/aromatic N) is 2. The molecule has 5 nitrogen and oxygen atoms in total. The predicted molar refractivity (Wildman–Crippen MR) is 79.7 cm³/mol. The summed E-state index contributed by atoms with van der Waals surface area (Å²) in [4.78, 5) is 15.4. The van der Waals surface area contributed by atoms with Gasteiger partial charge in [-0.2, -0.15) is 0 Å². The number of hydrogen-bond acceptors (Lipinski definition) is 3. The van der Waals surface area contributed by atoms with Crippen molar-refractivity contribution in [3.8, 4) is 5.75 Å². The van der Waals surface area contributed by atoms with E-state index in [1.165, 1.54) is 6.07 Å². The van der Waals surface area contributed by atoms with Crippen molar-refractivity contribution in [1.82, 2.24) is 9.80 Å². The molecule has 3 rings (SSSR count). The molecule has 0 aliphatic carbocycles. The number of urea groups is 1. The Kier molecular flexibility index (Phi) is 3.73. The van der Waals surface area contributed by atoms with Crippen LogP contribution in [0.5, 0.6) is 5.75 Å². The molecule has 2 aliphatic rings. The maximum absolute atomic E-state index is 12.2. The highest BCUT2D eigenvalue weighted by Crippen LogP contribution is 2.42. The van der Waals surface area contributed by atoms with Crippen molar-refractivity contribution >= 4 is 29.2 Å². The summed E-state index contributed by atoms with van der Waals surface area (Å²) in [6, 6.07) is 2.92. The number of phenols is 1. The normalized spacial score (nSPS) is 21.0. The quantitative estimate of drug-likeness (QED) is 0.895. The standard InChI is InChI=1S/C14H14Cl2N2O3/c15-10-1-2-11(20)12(13(10)16)8-5-9-7-17(3-4-19)14(21)18(9)6-8/h1-2,5,8,19-20H,3-4,6-7H2/t8-/m0/s1. The number of fused-ring (bicyclic) bond motifs is 1. The first-order chi connectivity index (χ1) is 10.0. The molecule has 1 saturated heterocycles. The summed E-state index contributed by atoms with van der Waals surface area (Å²) in [5.74, 6) is -0.0986. The molecule has 0 saturated carbocycles. The third kappa shape index (κ3) is 2.35. The van der Waals surface area contributed by atoms with E-state index in [1.54, 1.807) is 15.9 Å². The van der Waals surface area contributed by atoms with E-state index in [1.807, 2.05) is 6.08 Å². The topological polar surface area (TPSA) is 64.0 Å². The molecule has 0 bridgehead atoms. The van der Waals surface area contributed by atoms with E-state index in [2.05, 4.69) is 0 Å². The summed E-state index contributed by atoms with van der Waals surface area (Å²) >= 11 is 12.2. The van der Waals surface area contributed by atoms with E-state index < -0.39 is 0 Å². The van der Waals surface area contributed by atoms with Crippen molar-refractivity contribution in [3.63, 3.8) is 0 Å². The number of carbonyl (C=O) groups excluding carboxylic acids is 1. The highest BCUT2D eigenvalue weighted by atomic mass is 35.5. The number of hydrogen-bond donors (Lipinski definition) is 2. The minimum absolute atomic E-state index is 0.0583. The monoisotopic (exact) mass is 328 g/mol. The van der Waals surface area contributed by atoms with E-state index in [4.69, 9.17) is 28.3 Å². The van der Waals surface area contributed by atoms with Gasteiger partial charge in [0, 0.05) is 30.3 Å². The van der Waals surface area contributed by atoms with Crippen LogP contribution in [0.3, 0.4) is 0 Å². The molecule has 1 aromatic carbocycles. The van der Waals surface area contributed by atoms with Gasteiger partial charge < -0.3 is 15.1 Å². The first-order valence-corrected chi connectivity index (χ1v) is 7.33. The molecule has 7 heteroatoms. The molecule has 0 spiro atoms. The van der Waals surface area contributed by atoms with Crippen molar-refractivity contribution < 1.29 is 15.0 Å². The molecule has 2 aliphatic heterocycles. The van der Waals surface area contributed by atoms with Gasteiger partial charge in [0.15, 0.2) is 0 Å². The van der Waals surface area contributed by atoms with Gasteiger partial charge in [0.05, 0.1) is 23.2 Å². The summed E-state index contributed by atoms with van der Waals surface area (Å²) in [6.45, 7) is 1.15. The lowest BCUT2D eigenvalue weighted by Crippen LogP contribution is -2.34. The number of amides is 2. The number of β-amino-alcohol motifs (C(OH)–C–C–N with tert-alkyl or cyclic N) is 1. The zero-order valence-electron chi connectivity index (χ0n) is 11.1. The molecule has 112 valence electrons. The van der Waals surface area contributed by atoms with Crippen LogP contribution in [0.2, 0.25) is 10.0 Å². The molecule has 1 aromatic rings. The van der Waals surface area contributed by atoms with E-state index >= 15 is 0 Å². The van der Waals surface area contributed by atoms with Crippen molar-refractivity contribution in [2.75, 3.05) is 26.2 Å². The van der Waals surface area contributed by atoms with Crippen LogP contribution in [0, 0.1) is 0 Å². The van der Waals surface area contributed by atoms with Gasteiger partial charge in [-0.3, -0.25) is 4.90 Å². The summed E-state index contributed by atoms with van der Waals surface area (Å²) in [5, 5.41) is 19.7. The maximum atomic E-state index is 12.2. The average Bonchev–Trinajstić information content (AvgIpc) is 2.96.